The van der Waals surface area contributed by atoms with Crippen LogP contribution in [0.4, 0.5) is 0 Å². The molecule has 1 aromatic heterocycles. The van der Waals surface area contributed by atoms with Crippen molar-refractivity contribution in [3.05, 3.63) is 32.7 Å². The minimum absolute atomic E-state index is 0.659. The van der Waals surface area contributed by atoms with Gasteiger partial charge in [-0.1, -0.05) is 0 Å². The van der Waals surface area contributed by atoms with Crippen molar-refractivity contribution in [2.75, 3.05) is 9.86 Å². The Kier molecular flexibility index (Phi) is 3.36. The molecule has 0 aliphatic carbocycles. The Bertz CT molecular complexity index is 468. The molecule has 82 valence electrons. The molecule has 0 spiro atoms. The monoisotopic (exact) mass is 332 g/mol. The normalized spacial score (nSPS) is 12.5. The Hall–Kier alpha value is -0.0900. The fourth-order valence-electron chi connectivity index (χ4n) is 1.66. The Morgan fingerprint density at radius 2 is 1.93 bits per heavy atom. The molecule has 0 N–H and O–H groups in total. The van der Waals surface area contributed by atoms with E-state index < -0.39 is 19.8 Å². The van der Waals surface area contributed by atoms with Crippen LogP contribution >= 0.6 is 31.2 Å². The molecule has 0 amide bonds. The molecule has 0 atom stereocenters. The summed E-state index contributed by atoms with van der Waals surface area (Å²) in [6, 6.07) is 9.21. The number of halogens is 1. The van der Waals surface area contributed by atoms with E-state index >= 15 is 0 Å². The molecule has 0 aliphatic rings. The second-order valence-corrected chi connectivity index (χ2v) is 10.8. The van der Waals surface area contributed by atoms with Gasteiger partial charge in [-0.2, -0.15) is 0 Å². The number of hydrogen-bond donors (Lipinski definition) is 0. The molecule has 0 bridgehead atoms. The summed E-state index contributed by atoms with van der Waals surface area (Å²) in [6.45, 7) is 4.55. The van der Waals surface area contributed by atoms with Crippen molar-refractivity contribution in [1.29, 1.82) is 0 Å². The van der Waals surface area contributed by atoms with Gasteiger partial charge < -0.3 is 0 Å². The van der Waals surface area contributed by atoms with Gasteiger partial charge in [0.25, 0.3) is 0 Å². The first kappa shape index (κ1) is 11.4. The van der Waals surface area contributed by atoms with E-state index in [9.17, 15) is 0 Å². The van der Waals surface area contributed by atoms with E-state index in [-0.39, 0.29) is 0 Å². The number of hydrogen-bond acceptors (Lipinski definition) is 1. The molecule has 2 heteroatoms. The molecule has 0 nitrogen and oxygen atoms in total. The predicted octanol–water partition coefficient (Wildman–Crippen LogP) is 4.96. The van der Waals surface area contributed by atoms with Gasteiger partial charge in [-0.3, -0.25) is 0 Å². The van der Waals surface area contributed by atoms with Gasteiger partial charge in [0.15, 0.2) is 0 Å². The van der Waals surface area contributed by atoms with Crippen molar-refractivity contribution in [3.63, 3.8) is 0 Å². The third-order valence-electron chi connectivity index (χ3n) is 2.50. The summed E-state index contributed by atoms with van der Waals surface area (Å²) in [5, 5.41) is 1.53. The molecule has 1 heterocycles. The molecule has 0 aliphatic heterocycles. The van der Waals surface area contributed by atoms with E-state index in [1.165, 1.54) is 15.0 Å². The summed E-state index contributed by atoms with van der Waals surface area (Å²) in [7, 11) is 0. The molecule has 0 radical (unpaired) electrons. The average molecular weight is 332 g/mol. The number of alkyl halides is 2. The number of thiophene rings is 1. The molecule has 0 fully saturated rings. The summed E-state index contributed by atoms with van der Waals surface area (Å²) in [6.07, 6.45) is 0. The molecular formula is C13H17IS. The van der Waals surface area contributed by atoms with Crippen LogP contribution < -0.4 is 0 Å². The third-order valence-corrected chi connectivity index (χ3v) is 7.17. The standard InChI is InChI=1S/C13H17IS/c1-9(2)13-8-10-11(14(3)4)6-5-7-12(10)15-13/h5-9H,1-4H3. The van der Waals surface area contributed by atoms with Gasteiger partial charge >= 0.3 is 104 Å². The van der Waals surface area contributed by atoms with Crippen LogP contribution in [0.25, 0.3) is 10.1 Å². The molecule has 0 saturated carbocycles. The first-order valence-electron chi connectivity index (χ1n) is 5.12. The van der Waals surface area contributed by atoms with E-state index in [2.05, 4.69) is 48.0 Å². The van der Waals surface area contributed by atoms with Crippen LogP contribution in [0.15, 0.2) is 24.3 Å². The topological polar surface area (TPSA) is 0 Å². The fourth-order valence-corrected chi connectivity index (χ4v) is 5.47. The zero-order valence-electron chi connectivity index (χ0n) is 9.67. The van der Waals surface area contributed by atoms with Crippen LogP contribution in [0.2, 0.25) is 0 Å². The zero-order valence-corrected chi connectivity index (χ0v) is 12.6. The zero-order chi connectivity index (χ0) is 11.0. The first-order valence-corrected chi connectivity index (χ1v) is 11.3. The summed E-state index contributed by atoms with van der Waals surface area (Å²) in [5.74, 6) is 0.659. The maximum atomic E-state index is 2.42. The van der Waals surface area contributed by atoms with Crippen LogP contribution in [0.1, 0.15) is 24.6 Å². The average Bonchev–Trinajstić information content (AvgIpc) is 2.60. The Morgan fingerprint density at radius 1 is 1.20 bits per heavy atom. The molecular weight excluding hydrogens is 315 g/mol. The molecule has 1 aromatic carbocycles. The quantitative estimate of drug-likeness (QED) is 0.539. The molecule has 2 aromatic rings. The van der Waals surface area contributed by atoms with Crippen molar-refractivity contribution in [2.45, 2.75) is 19.8 Å². The van der Waals surface area contributed by atoms with Gasteiger partial charge in [0.1, 0.15) is 0 Å². The SMILES string of the molecule is CC(C)c1cc2c(I(C)C)cccc2s1. The van der Waals surface area contributed by atoms with Gasteiger partial charge in [-0.15, -0.1) is 0 Å². The van der Waals surface area contributed by atoms with Crippen molar-refractivity contribution in [1.82, 2.24) is 0 Å². The molecule has 2 rings (SSSR count). The number of fused-ring (bicyclic) bond motifs is 1. The molecule has 0 saturated heterocycles. The van der Waals surface area contributed by atoms with Gasteiger partial charge in [0.05, 0.1) is 0 Å². The number of rotatable bonds is 2. The predicted molar refractivity (Wildman–Crippen MR) is 80.5 cm³/mol. The van der Waals surface area contributed by atoms with Crippen LogP contribution in [-0.2, 0) is 0 Å². The second kappa shape index (κ2) is 4.42. The summed E-state index contributed by atoms with van der Waals surface area (Å²) >= 11 is 1.10. The van der Waals surface area contributed by atoms with Gasteiger partial charge in [0.2, 0.25) is 0 Å². The van der Waals surface area contributed by atoms with Crippen LogP contribution in [-0.4, -0.2) is 9.86 Å². The van der Waals surface area contributed by atoms with E-state index in [4.69, 9.17) is 0 Å². The second-order valence-electron chi connectivity index (χ2n) is 4.21. The van der Waals surface area contributed by atoms with Crippen LogP contribution in [0, 0.1) is 3.57 Å². The van der Waals surface area contributed by atoms with Crippen LogP contribution in [0.5, 0.6) is 0 Å². The van der Waals surface area contributed by atoms with E-state index in [1.807, 2.05) is 11.3 Å². The van der Waals surface area contributed by atoms with Crippen molar-refractivity contribution < 1.29 is 0 Å². The van der Waals surface area contributed by atoms with Crippen molar-refractivity contribution in [2.24, 2.45) is 0 Å². The summed E-state index contributed by atoms with van der Waals surface area (Å²) in [4.78, 5) is 6.37. The van der Waals surface area contributed by atoms with E-state index in [0.29, 0.717) is 5.92 Å². The molecule has 0 unspecified atom stereocenters. The first-order chi connectivity index (χ1) is 7.09. The van der Waals surface area contributed by atoms with E-state index in [0.717, 1.165) is 0 Å². The van der Waals surface area contributed by atoms with Gasteiger partial charge in [0, 0.05) is 0 Å². The minimum atomic E-state index is -0.857. The van der Waals surface area contributed by atoms with Crippen LogP contribution in [0.3, 0.4) is 0 Å². The molecule has 15 heavy (non-hydrogen) atoms. The Balaban J connectivity index is 2.64. The fraction of sp³-hybridized carbons (Fsp3) is 0.385. The summed E-state index contributed by atoms with van der Waals surface area (Å²) < 4.78 is 3.11. The van der Waals surface area contributed by atoms with Crippen molar-refractivity contribution >= 4 is 41.2 Å². The maximum absolute atomic E-state index is 2.42. The summed E-state index contributed by atoms with van der Waals surface area (Å²) in [5.41, 5.74) is 0. The Labute approximate surface area is 103 Å². The van der Waals surface area contributed by atoms with Crippen molar-refractivity contribution in [3.8, 4) is 0 Å². The van der Waals surface area contributed by atoms with Gasteiger partial charge in [-0.05, 0) is 0 Å². The number of benzene rings is 1. The Morgan fingerprint density at radius 3 is 2.53 bits per heavy atom. The van der Waals surface area contributed by atoms with Gasteiger partial charge in [-0.25, -0.2) is 0 Å². The third kappa shape index (κ3) is 2.21. The van der Waals surface area contributed by atoms with E-state index in [1.54, 1.807) is 3.57 Å².